The monoisotopic (exact) mass is 523 g/mol. The molecule has 0 amide bonds. The molecule has 0 spiro atoms. The molecule has 194 valence electrons. The lowest BCUT2D eigenvalue weighted by molar-refractivity contribution is -0.137. The lowest BCUT2D eigenvalue weighted by Crippen LogP contribution is -2.24. The Bertz CT molecular complexity index is 1750. The largest absolute Gasteiger partial charge is 0.481 e. The van der Waals surface area contributed by atoms with Gasteiger partial charge in [-0.2, -0.15) is 10.2 Å². The standard InChI is InChI=1S/C29H22FN5O4/c30-21-10-12-22(13-11-21)35-25(3-1-2-4-27(36)37)32-24-16-20(9-14-23(24)29(35)38)28-33-26(39-34-28)15-18-5-7-19(17-31)8-6-18/h5-14,16H,1-4,15H2,(H,36,37). The number of halogens is 1. The van der Waals surface area contributed by atoms with Gasteiger partial charge in [-0.25, -0.2) is 9.37 Å². The van der Waals surface area contributed by atoms with Crippen LogP contribution in [-0.4, -0.2) is 30.8 Å². The second-order valence-corrected chi connectivity index (χ2v) is 8.98. The third-order valence-corrected chi connectivity index (χ3v) is 6.23. The Kier molecular flexibility index (Phi) is 7.23. The molecule has 10 heteroatoms. The molecule has 1 N–H and O–H groups in total. The summed E-state index contributed by atoms with van der Waals surface area (Å²) in [4.78, 5) is 33.7. The summed E-state index contributed by atoms with van der Waals surface area (Å²) >= 11 is 0. The van der Waals surface area contributed by atoms with Gasteiger partial charge in [-0.3, -0.25) is 14.2 Å². The van der Waals surface area contributed by atoms with Crippen LogP contribution in [0.3, 0.4) is 0 Å². The molecule has 5 rings (SSSR count). The number of carboxylic acid groups (broad SMARTS) is 1. The highest BCUT2D eigenvalue weighted by Crippen LogP contribution is 2.23. The number of carboxylic acids is 1. The molecule has 0 saturated carbocycles. The van der Waals surface area contributed by atoms with E-state index in [1.807, 2.05) is 12.1 Å². The van der Waals surface area contributed by atoms with Crippen molar-refractivity contribution < 1.29 is 18.8 Å². The normalized spacial score (nSPS) is 11.0. The molecular formula is C29H22FN5O4. The summed E-state index contributed by atoms with van der Waals surface area (Å²) in [6, 6.07) is 19.8. The van der Waals surface area contributed by atoms with Crippen LogP contribution in [0.1, 0.15) is 42.1 Å². The zero-order valence-corrected chi connectivity index (χ0v) is 20.7. The lowest BCUT2D eigenvalue weighted by Gasteiger charge is -2.14. The van der Waals surface area contributed by atoms with Crippen molar-refractivity contribution in [1.82, 2.24) is 19.7 Å². The van der Waals surface area contributed by atoms with Crippen LogP contribution < -0.4 is 5.56 Å². The number of rotatable bonds is 9. The highest BCUT2D eigenvalue weighted by molar-refractivity contribution is 5.82. The van der Waals surface area contributed by atoms with Gasteiger partial charge in [0.15, 0.2) is 0 Å². The fourth-order valence-corrected chi connectivity index (χ4v) is 4.27. The van der Waals surface area contributed by atoms with Crippen LogP contribution in [0.25, 0.3) is 28.0 Å². The minimum Gasteiger partial charge on any atom is -0.481 e. The maximum atomic E-state index is 13.6. The minimum absolute atomic E-state index is 0.0150. The lowest BCUT2D eigenvalue weighted by atomic mass is 10.1. The van der Waals surface area contributed by atoms with Crippen LogP contribution in [0.2, 0.25) is 0 Å². The van der Waals surface area contributed by atoms with Gasteiger partial charge in [-0.15, -0.1) is 0 Å². The molecule has 0 fully saturated rings. The van der Waals surface area contributed by atoms with E-state index >= 15 is 0 Å². The summed E-state index contributed by atoms with van der Waals surface area (Å²) in [5.41, 5.74) is 2.68. The predicted octanol–water partition coefficient (Wildman–Crippen LogP) is 4.83. The number of nitrogens with zero attached hydrogens (tertiary/aromatic N) is 5. The molecule has 2 aromatic heterocycles. The Labute approximate surface area is 221 Å². The molecule has 3 aromatic carbocycles. The molecule has 0 aliphatic rings. The molecule has 9 nitrogen and oxygen atoms in total. The number of nitriles is 1. The second-order valence-electron chi connectivity index (χ2n) is 8.98. The Morgan fingerprint density at radius 3 is 2.51 bits per heavy atom. The van der Waals surface area contributed by atoms with E-state index in [1.54, 1.807) is 30.3 Å². The number of aromatic nitrogens is 4. The quantitative estimate of drug-likeness (QED) is 0.271. The zero-order valence-electron chi connectivity index (χ0n) is 20.7. The van der Waals surface area contributed by atoms with Crippen molar-refractivity contribution in [1.29, 1.82) is 5.26 Å². The molecule has 0 aliphatic carbocycles. The molecule has 0 radical (unpaired) electrons. The topological polar surface area (TPSA) is 135 Å². The van der Waals surface area contributed by atoms with E-state index in [9.17, 15) is 14.0 Å². The number of carbonyl (C=O) groups is 1. The van der Waals surface area contributed by atoms with Gasteiger partial charge in [-0.05, 0) is 66.9 Å². The van der Waals surface area contributed by atoms with Crippen LogP contribution in [0.4, 0.5) is 4.39 Å². The van der Waals surface area contributed by atoms with Crippen molar-refractivity contribution in [2.45, 2.75) is 32.1 Å². The maximum absolute atomic E-state index is 13.6. The Balaban J connectivity index is 1.48. The van der Waals surface area contributed by atoms with Gasteiger partial charge in [-0.1, -0.05) is 23.4 Å². The summed E-state index contributed by atoms with van der Waals surface area (Å²) < 4.78 is 20.4. The van der Waals surface area contributed by atoms with Crippen molar-refractivity contribution in [3.05, 3.63) is 106 Å². The van der Waals surface area contributed by atoms with Gasteiger partial charge >= 0.3 is 5.97 Å². The van der Waals surface area contributed by atoms with Crippen molar-refractivity contribution in [2.75, 3.05) is 0 Å². The summed E-state index contributed by atoms with van der Waals surface area (Å²) in [7, 11) is 0. The molecular weight excluding hydrogens is 501 g/mol. The van der Waals surface area contributed by atoms with Crippen LogP contribution in [0, 0.1) is 17.1 Å². The first kappa shape index (κ1) is 25.5. The number of hydrogen-bond donors (Lipinski definition) is 1. The smallest absolute Gasteiger partial charge is 0.303 e. The van der Waals surface area contributed by atoms with E-state index in [0.29, 0.717) is 70.9 Å². The van der Waals surface area contributed by atoms with Crippen molar-refractivity contribution in [2.24, 2.45) is 0 Å². The van der Waals surface area contributed by atoms with Crippen LogP contribution in [0.5, 0.6) is 0 Å². The number of benzene rings is 3. The average molecular weight is 524 g/mol. The number of fused-ring (bicyclic) bond motifs is 1. The number of unbranched alkanes of at least 4 members (excludes halogenated alkanes) is 1. The van der Waals surface area contributed by atoms with Crippen molar-refractivity contribution in [3.8, 4) is 23.1 Å². The molecule has 0 atom stereocenters. The average Bonchev–Trinajstić information content (AvgIpc) is 3.40. The first-order chi connectivity index (χ1) is 18.9. The van der Waals surface area contributed by atoms with Gasteiger partial charge in [0.25, 0.3) is 5.56 Å². The summed E-state index contributed by atoms with van der Waals surface area (Å²) in [5.74, 6) is -0.134. The van der Waals surface area contributed by atoms with E-state index in [-0.39, 0.29) is 12.0 Å². The van der Waals surface area contributed by atoms with Crippen molar-refractivity contribution >= 4 is 16.9 Å². The molecule has 0 saturated heterocycles. The fourth-order valence-electron chi connectivity index (χ4n) is 4.27. The van der Waals surface area contributed by atoms with Gasteiger partial charge in [0.05, 0.1) is 34.6 Å². The molecule has 2 heterocycles. The summed E-state index contributed by atoms with van der Waals surface area (Å²) in [5, 5.41) is 22.4. The Hall–Kier alpha value is -5.17. The van der Waals surface area contributed by atoms with E-state index < -0.39 is 11.8 Å². The van der Waals surface area contributed by atoms with Crippen LogP contribution >= 0.6 is 0 Å². The van der Waals surface area contributed by atoms with Gasteiger partial charge in [0, 0.05) is 18.4 Å². The third kappa shape index (κ3) is 5.72. The van der Waals surface area contributed by atoms with Crippen LogP contribution in [0.15, 0.2) is 76.0 Å². The summed E-state index contributed by atoms with van der Waals surface area (Å²) in [6.07, 6.45) is 1.71. The summed E-state index contributed by atoms with van der Waals surface area (Å²) in [6.45, 7) is 0. The molecule has 0 aliphatic heterocycles. The Morgan fingerprint density at radius 1 is 1.03 bits per heavy atom. The number of aliphatic carboxylic acids is 1. The molecule has 0 bridgehead atoms. The van der Waals surface area contributed by atoms with Crippen molar-refractivity contribution in [3.63, 3.8) is 0 Å². The first-order valence-corrected chi connectivity index (χ1v) is 12.3. The van der Waals surface area contributed by atoms with Crippen LogP contribution in [-0.2, 0) is 17.6 Å². The van der Waals surface area contributed by atoms with E-state index in [4.69, 9.17) is 19.9 Å². The van der Waals surface area contributed by atoms with E-state index in [1.165, 1.54) is 28.8 Å². The number of hydrogen-bond acceptors (Lipinski definition) is 7. The zero-order chi connectivity index (χ0) is 27.4. The highest BCUT2D eigenvalue weighted by atomic mass is 19.1. The van der Waals surface area contributed by atoms with E-state index in [2.05, 4.69) is 16.2 Å². The maximum Gasteiger partial charge on any atom is 0.303 e. The number of aryl methyl sites for hydroxylation is 1. The molecule has 0 unspecified atom stereocenters. The molecule has 5 aromatic rings. The van der Waals surface area contributed by atoms with Gasteiger partial charge < -0.3 is 9.63 Å². The predicted molar refractivity (Wildman–Crippen MR) is 140 cm³/mol. The van der Waals surface area contributed by atoms with Gasteiger partial charge in [0.2, 0.25) is 11.7 Å². The third-order valence-electron chi connectivity index (χ3n) is 6.23. The SMILES string of the molecule is N#Cc1ccc(Cc2nc(-c3ccc4c(=O)n(-c5ccc(F)cc5)c(CCCCC(=O)O)nc4c3)no2)cc1. The van der Waals surface area contributed by atoms with Gasteiger partial charge in [0.1, 0.15) is 11.6 Å². The molecule has 39 heavy (non-hydrogen) atoms. The second kappa shape index (κ2) is 11.1. The highest BCUT2D eigenvalue weighted by Gasteiger charge is 2.16. The minimum atomic E-state index is -0.888. The fraction of sp³-hybridized carbons (Fsp3) is 0.172. The first-order valence-electron chi connectivity index (χ1n) is 12.3. The van der Waals surface area contributed by atoms with E-state index in [0.717, 1.165) is 5.56 Å². The Morgan fingerprint density at radius 2 is 1.79 bits per heavy atom.